The number of aliphatic hydroxyl groups excluding tert-OH is 1. The van der Waals surface area contributed by atoms with Crippen molar-refractivity contribution in [3.63, 3.8) is 0 Å². The molecule has 5 atom stereocenters. The third kappa shape index (κ3) is 7.06. The summed E-state index contributed by atoms with van der Waals surface area (Å²) in [5.41, 5.74) is -0.661. The quantitative estimate of drug-likeness (QED) is 0.718. The highest BCUT2D eigenvalue weighted by molar-refractivity contribution is 7.88. The molecule has 1 aliphatic rings. The topological polar surface area (TPSA) is 66.8 Å². The predicted molar refractivity (Wildman–Crippen MR) is 103 cm³/mol. The smallest absolute Gasteiger partial charge is 0.211 e. The first-order valence-electron chi connectivity index (χ1n) is 9.47. The van der Waals surface area contributed by atoms with Gasteiger partial charge in [-0.15, -0.1) is 0 Å². The molecule has 1 fully saturated rings. The van der Waals surface area contributed by atoms with Crippen LogP contribution >= 0.6 is 0 Å². The average molecular weight is 396 g/mol. The number of hydrogen-bond donors (Lipinski definition) is 1. The molecule has 0 aromatic carbocycles. The summed E-state index contributed by atoms with van der Waals surface area (Å²) >= 11 is 0. The Morgan fingerprint density at radius 2 is 1.73 bits per heavy atom. The summed E-state index contributed by atoms with van der Waals surface area (Å²) < 4.78 is 46.0. The molecule has 7 heteroatoms. The third-order valence-corrected chi connectivity index (χ3v) is 6.78. The van der Waals surface area contributed by atoms with Crippen LogP contribution < -0.4 is 0 Å². The maximum absolute atomic E-state index is 13.7. The molecule has 5 nitrogen and oxygen atoms in total. The fraction of sp³-hybridized carbons (Fsp3) is 1.00. The Morgan fingerprint density at radius 1 is 1.19 bits per heavy atom. The van der Waals surface area contributed by atoms with Crippen molar-refractivity contribution in [1.29, 1.82) is 0 Å². The molecule has 1 aliphatic carbocycles. The standard InChI is InChI=1S/C19H38FNO4S/c1-13(18(2,3)4)25-15(9-14-10-16(20)17(22)11-14)12-21(19(5,6)7)26(8,23)24/h13-17,22H,9-12H2,1-8H3. The molecule has 0 heterocycles. The second kappa shape index (κ2) is 8.41. The van der Waals surface area contributed by atoms with E-state index in [1.807, 2.05) is 27.7 Å². The number of rotatable bonds is 7. The van der Waals surface area contributed by atoms with Crippen molar-refractivity contribution in [1.82, 2.24) is 4.31 Å². The lowest BCUT2D eigenvalue weighted by Gasteiger charge is -2.39. The highest BCUT2D eigenvalue weighted by atomic mass is 32.2. The molecule has 0 bridgehead atoms. The molecule has 0 radical (unpaired) electrons. The molecule has 1 N–H and O–H groups in total. The van der Waals surface area contributed by atoms with Crippen LogP contribution in [0.15, 0.2) is 0 Å². The molecule has 26 heavy (non-hydrogen) atoms. The maximum Gasteiger partial charge on any atom is 0.211 e. The molecule has 5 unspecified atom stereocenters. The molecular formula is C19H38FNO4S. The van der Waals surface area contributed by atoms with Crippen LogP contribution in [0, 0.1) is 11.3 Å². The minimum atomic E-state index is -3.41. The van der Waals surface area contributed by atoms with Gasteiger partial charge in [-0.2, -0.15) is 4.31 Å². The van der Waals surface area contributed by atoms with Crippen LogP contribution in [0.2, 0.25) is 0 Å². The van der Waals surface area contributed by atoms with Crippen LogP contribution in [-0.2, 0) is 14.8 Å². The van der Waals surface area contributed by atoms with Gasteiger partial charge in [-0.25, -0.2) is 12.8 Å². The van der Waals surface area contributed by atoms with Gasteiger partial charge in [-0.05, 0) is 58.3 Å². The first kappa shape index (κ1) is 23.8. The van der Waals surface area contributed by atoms with Gasteiger partial charge in [0.2, 0.25) is 10.0 Å². The normalized spacial score (nSPS) is 27.7. The summed E-state index contributed by atoms with van der Waals surface area (Å²) in [6.07, 6.45) is -0.0939. The number of sulfonamides is 1. The minimum Gasteiger partial charge on any atom is -0.390 e. The van der Waals surface area contributed by atoms with Crippen molar-refractivity contribution in [3.8, 4) is 0 Å². The highest BCUT2D eigenvalue weighted by Crippen LogP contribution is 2.34. The van der Waals surface area contributed by atoms with Gasteiger partial charge < -0.3 is 9.84 Å². The number of alkyl halides is 1. The van der Waals surface area contributed by atoms with Gasteiger partial charge in [0.25, 0.3) is 0 Å². The van der Waals surface area contributed by atoms with E-state index in [4.69, 9.17) is 4.74 Å². The van der Waals surface area contributed by atoms with E-state index in [9.17, 15) is 17.9 Å². The van der Waals surface area contributed by atoms with E-state index in [2.05, 4.69) is 20.8 Å². The summed E-state index contributed by atoms with van der Waals surface area (Å²) in [5.74, 6) is -0.00135. The minimum absolute atomic E-state index is 0.00135. The molecule has 0 aliphatic heterocycles. The van der Waals surface area contributed by atoms with Gasteiger partial charge in [0.1, 0.15) is 6.17 Å². The van der Waals surface area contributed by atoms with Crippen molar-refractivity contribution < 1.29 is 22.7 Å². The Kier molecular flexibility index (Phi) is 7.70. The van der Waals surface area contributed by atoms with Crippen molar-refractivity contribution >= 4 is 10.0 Å². The summed E-state index contributed by atoms with van der Waals surface area (Å²) in [6, 6.07) is 0. The Hall–Kier alpha value is -0.240. The zero-order chi connectivity index (χ0) is 20.5. The van der Waals surface area contributed by atoms with Gasteiger partial charge >= 0.3 is 0 Å². The number of nitrogens with zero attached hydrogens (tertiary/aromatic N) is 1. The van der Waals surface area contributed by atoms with Gasteiger partial charge in [0, 0.05) is 12.1 Å². The first-order chi connectivity index (χ1) is 11.5. The monoisotopic (exact) mass is 395 g/mol. The summed E-state index contributed by atoms with van der Waals surface area (Å²) in [7, 11) is -3.41. The maximum atomic E-state index is 13.7. The number of halogens is 1. The Bertz CT molecular complexity index is 543. The molecule has 1 saturated carbocycles. The number of aliphatic hydroxyl groups is 1. The lowest BCUT2D eigenvalue weighted by molar-refractivity contribution is -0.0734. The second-order valence-corrected chi connectivity index (χ2v) is 11.8. The van der Waals surface area contributed by atoms with E-state index < -0.39 is 27.8 Å². The summed E-state index contributed by atoms with van der Waals surface area (Å²) in [5, 5.41) is 9.71. The van der Waals surface area contributed by atoms with Gasteiger partial charge in [0.15, 0.2) is 0 Å². The van der Waals surface area contributed by atoms with E-state index in [1.165, 1.54) is 10.6 Å². The molecule has 1 rings (SSSR count). The van der Waals surface area contributed by atoms with Crippen LogP contribution in [-0.4, -0.2) is 60.7 Å². The Labute approximate surface area is 159 Å². The van der Waals surface area contributed by atoms with Crippen LogP contribution in [0.3, 0.4) is 0 Å². The highest BCUT2D eigenvalue weighted by Gasteiger charge is 2.38. The van der Waals surface area contributed by atoms with E-state index in [-0.39, 0.29) is 30.1 Å². The van der Waals surface area contributed by atoms with Crippen LogP contribution in [0.4, 0.5) is 4.39 Å². The van der Waals surface area contributed by atoms with Gasteiger partial charge in [-0.3, -0.25) is 0 Å². The predicted octanol–water partition coefficient (Wildman–Crippen LogP) is 3.37. The fourth-order valence-corrected chi connectivity index (χ4v) is 4.81. The zero-order valence-corrected chi connectivity index (χ0v) is 18.4. The fourth-order valence-electron chi connectivity index (χ4n) is 3.38. The molecule has 0 aromatic rings. The number of hydrogen-bond acceptors (Lipinski definition) is 4. The zero-order valence-electron chi connectivity index (χ0n) is 17.6. The first-order valence-corrected chi connectivity index (χ1v) is 11.3. The largest absolute Gasteiger partial charge is 0.390 e. The summed E-state index contributed by atoms with van der Waals surface area (Å²) in [4.78, 5) is 0. The van der Waals surface area contributed by atoms with E-state index in [1.54, 1.807) is 0 Å². The Balaban J connectivity index is 2.99. The van der Waals surface area contributed by atoms with Crippen molar-refractivity contribution in [2.75, 3.05) is 12.8 Å². The van der Waals surface area contributed by atoms with E-state index >= 15 is 0 Å². The number of ether oxygens (including phenoxy) is 1. The Morgan fingerprint density at radius 3 is 2.08 bits per heavy atom. The van der Waals surface area contributed by atoms with Crippen molar-refractivity contribution in [2.45, 2.75) is 97.8 Å². The lowest BCUT2D eigenvalue weighted by Crippen LogP contribution is -2.50. The summed E-state index contributed by atoms with van der Waals surface area (Å²) in [6.45, 7) is 14.0. The van der Waals surface area contributed by atoms with Crippen LogP contribution in [0.25, 0.3) is 0 Å². The molecule has 0 amide bonds. The van der Waals surface area contributed by atoms with Crippen LogP contribution in [0.5, 0.6) is 0 Å². The van der Waals surface area contributed by atoms with Gasteiger partial charge in [-0.1, -0.05) is 20.8 Å². The van der Waals surface area contributed by atoms with Crippen LogP contribution in [0.1, 0.15) is 67.7 Å². The van der Waals surface area contributed by atoms with Gasteiger partial charge in [0.05, 0.1) is 24.6 Å². The average Bonchev–Trinajstić information content (AvgIpc) is 2.70. The van der Waals surface area contributed by atoms with Crippen molar-refractivity contribution in [2.24, 2.45) is 11.3 Å². The molecule has 0 saturated heterocycles. The van der Waals surface area contributed by atoms with E-state index in [0.29, 0.717) is 19.3 Å². The molecule has 0 spiro atoms. The molecular weight excluding hydrogens is 357 g/mol. The van der Waals surface area contributed by atoms with Crippen molar-refractivity contribution in [3.05, 3.63) is 0 Å². The molecule has 0 aromatic heterocycles. The van der Waals surface area contributed by atoms with E-state index in [0.717, 1.165) is 0 Å². The third-order valence-electron chi connectivity index (χ3n) is 5.28. The lowest BCUT2D eigenvalue weighted by atomic mass is 9.89. The SMILES string of the molecule is CC(OC(CC1CC(O)C(F)C1)CN(C(C)(C)C)S(C)(=O)=O)C(C)(C)C. The molecule has 156 valence electrons. The second-order valence-electron chi connectivity index (χ2n) is 9.89.